The Balaban J connectivity index is 1.28. The van der Waals surface area contributed by atoms with Crippen molar-refractivity contribution in [3.05, 3.63) is 83.0 Å². The van der Waals surface area contributed by atoms with E-state index in [1.165, 1.54) is 24.4 Å². The largest absolute Gasteiger partial charge is 0.481 e. The van der Waals surface area contributed by atoms with E-state index in [-0.39, 0.29) is 25.5 Å². The molecule has 0 fully saturated rings. The second kappa shape index (κ2) is 10.0. The van der Waals surface area contributed by atoms with Crippen LogP contribution >= 0.6 is 0 Å². The van der Waals surface area contributed by atoms with Crippen LogP contribution in [0.1, 0.15) is 40.7 Å². The van der Waals surface area contributed by atoms with Gasteiger partial charge in [0.25, 0.3) is 0 Å². The van der Waals surface area contributed by atoms with Crippen molar-refractivity contribution in [2.75, 3.05) is 20.3 Å². The molecule has 1 aliphatic carbocycles. The van der Waals surface area contributed by atoms with Crippen molar-refractivity contribution in [1.29, 1.82) is 0 Å². The number of aliphatic hydroxyl groups is 2. The van der Waals surface area contributed by atoms with Crippen LogP contribution in [0.15, 0.2) is 60.8 Å². The Hall–Kier alpha value is -3.42. The van der Waals surface area contributed by atoms with Crippen molar-refractivity contribution in [3.63, 3.8) is 0 Å². The molecule has 7 heteroatoms. The highest BCUT2D eigenvalue weighted by molar-refractivity contribution is 5.79. The molecule has 1 heterocycles. The number of carbonyl (C=O) groups excluding carboxylic acids is 1. The third kappa shape index (κ3) is 4.84. The summed E-state index contributed by atoms with van der Waals surface area (Å²) in [6, 6.07) is 18.0. The molecule has 1 aromatic heterocycles. The lowest BCUT2D eigenvalue weighted by molar-refractivity contribution is 0.0134. The molecule has 0 saturated carbocycles. The number of aryl methyl sites for hydroxylation is 1. The summed E-state index contributed by atoms with van der Waals surface area (Å²) in [5.74, 6) is 0.457. The normalized spacial score (nSPS) is 14.2. The van der Waals surface area contributed by atoms with Gasteiger partial charge in [0.05, 0.1) is 13.2 Å². The summed E-state index contributed by atoms with van der Waals surface area (Å²) in [7, 11) is 1.52. The number of pyridine rings is 1. The maximum absolute atomic E-state index is 12.3. The van der Waals surface area contributed by atoms with E-state index < -0.39 is 18.3 Å². The number of nitrogens with zero attached hydrogens (tertiary/aromatic N) is 1. The molecular formula is C26H28N2O5. The van der Waals surface area contributed by atoms with Gasteiger partial charge in [-0.05, 0) is 41.7 Å². The van der Waals surface area contributed by atoms with E-state index in [9.17, 15) is 15.0 Å². The molecule has 3 N–H and O–H groups in total. The summed E-state index contributed by atoms with van der Waals surface area (Å²) in [5, 5.41) is 23.4. The molecule has 0 saturated heterocycles. The number of hydrogen-bond acceptors (Lipinski definition) is 6. The van der Waals surface area contributed by atoms with Gasteiger partial charge in [-0.3, -0.25) is 0 Å². The van der Waals surface area contributed by atoms with E-state index in [0.29, 0.717) is 11.4 Å². The van der Waals surface area contributed by atoms with Gasteiger partial charge in [0, 0.05) is 29.8 Å². The van der Waals surface area contributed by atoms with Gasteiger partial charge in [0.1, 0.15) is 12.7 Å². The molecule has 0 spiro atoms. The lowest BCUT2D eigenvalue weighted by Crippen LogP contribution is -2.30. The molecule has 0 bridgehead atoms. The molecule has 2 atom stereocenters. The topological polar surface area (TPSA) is 101 Å². The summed E-state index contributed by atoms with van der Waals surface area (Å²) < 4.78 is 10.6. The zero-order valence-corrected chi connectivity index (χ0v) is 18.7. The molecule has 1 aliphatic rings. The number of amides is 1. The van der Waals surface area contributed by atoms with Crippen LogP contribution in [0.4, 0.5) is 4.79 Å². The summed E-state index contributed by atoms with van der Waals surface area (Å²) in [4.78, 5) is 16.4. The van der Waals surface area contributed by atoms with Gasteiger partial charge in [0.15, 0.2) is 0 Å². The van der Waals surface area contributed by atoms with Gasteiger partial charge in [0.2, 0.25) is 5.88 Å². The van der Waals surface area contributed by atoms with Crippen LogP contribution in [-0.4, -0.2) is 47.7 Å². The zero-order chi connectivity index (χ0) is 23.4. The fourth-order valence-corrected chi connectivity index (χ4v) is 4.31. The first-order valence-corrected chi connectivity index (χ1v) is 10.9. The van der Waals surface area contributed by atoms with Crippen LogP contribution in [0, 0.1) is 6.92 Å². The first kappa shape index (κ1) is 22.8. The Bertz CT molecular complexity index is 1090. The monoisotopic (exact) mass is 448 g/mol. The van der Waals surface area contributed by atoms with Crippen molar-refractivity contribution in [2.24, 2.45) is 0 Å². The maximum Gasteiger partial charge on any atom is 0.407 e. The third-order valence-electron chi connectivity index (χ3n) is 6.00. The van der Waals surface area contributed by atoms with E-state index >= 15 is 0 Å². The van der Waals surface area contributed by atoms with Crippen molar-refractivity contribution < 1.29 is 24.5 Å². The molecule has 4 rings (SSSR count). The molecule has 172 valence electrons. The third-order valence-corrected chi connectivity index (χ3v) is 6.00. The minimum atomic E-state index is -1.12. The predicted octanol–water partition coefficient (Wildman–Crippen LogP) is 3.72. The van der Waals surface area contributed by atoms with Gasteiger partial charge in [-0.2, -0.15) is 0 Å². The highest BCUT2D eigenvalue weighted by Gasteiger charge is 2.29. The Morgan fingerprint density at radius 3 is 2.33 bits per heavy atom. The van der Waals surface area contributed by atoms with Crippen LogP contribution in [-0.2, 0) is 4.74 Å². The van der Waals surface area contributed by atoms with E-state index in [2.05, 4.69) is 34.6 Å². The van der Waals surface area contributed by atoms with Gasteiger partial charge in [-0.25, -0.2) is 9.78 Å². The van der Waals surface area contributed by atoms with Crippen molar-refractivity contribution >= 4 is 6.09 Å². The van der Waals surface area contributed by atoms with E-state index in [4.69, 9.17) is 9.47 Å². The average Bonchev–Trinajstić information content (AvgIpc) is 3.16. The smallest absolute Gasteiger partial charge is 0.407 e. The number of rotatable bonds is 8. The van der Waals surface area contributed by atoms with Gasteiger partial charge in [-0.1, -0.05) is 48.5 Å². The number of benzene rings is 2. The Morgan fingerprint density at radius 1 is 1.09 bits per heavy atom. The molecular weight excluding hydrogens is 420 g/mol. The van der Waals surface area contributed by atoms with Gasteiger partial charge >= 0.3 is 6.09 Å². The van der Waals surface area contributed by atoms with E-state index in [1.807, 2.05) is 31.2 Å². The number of aliphatic hydroxyl groups excluding tert-OH is 2. The first-order chi connectivity index (χ1) is 16.0. The zero-order valence-electron chi connectivity index (χ0n) is 18.7. The van der Waals surface area contributed by atoms with E-state index in [0.717, 1.165) is 16.7 Å². The predicted molar refractivity (Wildman–Crippen MR) is 124 cm³/mol. The number of aromatic nitrogens is 1. The maximum atomic E-state index is 12.3. The van der Waals surface area contributed by atoms with E-state index in [1.54, 1.807) is 6.07 Å². The molecule has 0 radical (unpaired) electrons. The number of alkyl carbamates (subject to hydrolysis) is 1. The summed E-state index contributed by atoms with van der Waals surface area (Å²) >= 11 is 0. The van der Waals surface area contributed by atoms with Crippen LogP contribution in [0.25, 0.3) is 11.1 Å². The van der Waals surface area contributed by atoms with Crippen molar-refractivity contribution in [2.45, 2.75) is 31.5 Å². The van der Waals surface area contributed by atoms with Crippen LogP contribution in [0.3, 0.4) is 0 Å². The number of fused-ring (bicyclic) bond motifs is 3. The van der Waals surface area contributed by atoms with Gasteiger partial charge in [-0.15, -0.1) is 0 Å². The fourth-order valence-electron chi connectivity index (χ4n) is 4.31. The molecule has 33 heavy (non-hydrogen) atoms. The fraction of sp³-hybridized carbons (Fsp3) is 0.308. The highest BCUT2D eigenvalue weighted by atomic mass is 16.5. The lowest BCUT2D eigenvalue weighted by atomic mass is 9.98. The standard InChI is InChI=1S/C26H28N2O5/c1-16-13-17(14-28-25(16)32-2)24(30)23(29)11-12-27-26(31)33-15-22-20-9-5-3-7-18(20)19-8-4-6-10-21(19)22/h3-10,13-14,22-24,29-30H,11-12,15H2,1-2H3,(H,27,31). The van der Waals surface area contributed by atoms with Gasteiger partial charge < -0.3 is 25.0 Å². The van der Waals surface area contributed by atoms with Crippen molar-refractivity contribution in [1.82, 2.24) is 10.3 Å². The Kier molecular flexibility index (Phi) is 6.91. The number of methoxy groups -OCH3 is 1. The number of ether oxygens (including phenoxy) is 2. The minimum absolute atomic E-state index is 0.0126. The second-order valence-electron chi connectivity index (χ2n) is 8.15. The average molecular weight is 449 g/mol. The number of nitrogens with one attached hydrogen (secondary N) is 1. The second-order valence-corrected chi connectivity index (χ2v) is 8.15. The molecule has 1 amide bonds. The molecule has 3 aromatic rings. The summed E-state index contributed by atoms with van der Waals surface area (Å²) in [6.45, 7) is 2.20. The molecule has 2 unspecified atom stereocenters. The van der Waals surface area contributed by atoms with Crippen molar-refractivity contribution in [3.8, 4) is 17.0 Å². The highest BCUT2D eigenvalue weighted by Crippen LogP contribution is 2.44. The molecule has 2 aromatic carbocycles. The minimum Gasteiger partial charge on any atom is -0.481 e. The van der Waals surface area contributed by atoms with Crippen LogP contribution in [0.5, 0.6) is 5.88 Å². The first-order valence-electron chi connectivity index (χ1n) is 10.9. The molecule has 0 aliphatic heterocycles. The summed E-state index contributed by atoms with van der Waals surface area (Å²) in [5.41, 5.74) is 5.88. The molecule has 7 nitrogen and oxygen atoms in total. The SMILES string of the molecule is COc1ncc(C(O)C(O)CCNC(=O)OCC2c3ccccc3-c3ccccc32)cc1C. The Labute approximate surface area is 193 Å². The lowest BCUT2D eigenvalue weighted by Gasteiger charge is -2.19. The number of carbonyl (C=O) groups is 1. The Morgan fingerprint density at radius 2 is 1.73 bits per heavy atom. The van der Waals surface area contributed by atoms with Crippen LogP contribution < -0.4 is 10.1 Å². The van der Waals surface area contributed by atoms with Crippen LogP contribution in [0.2, 0.25) is 0 Å². The quantitative estimate of drug-likeness (QED) is 0.486. The number of hydrogen-bond donors (Lipinski definition) is 3. The summed E-state index contributed by atoms with van der Waals surface area (Å²) in [6.07, 6.45) is -1.10.